The van der Waals surface area contributed by atoms with Gasteiger partial charge in [-0.1, -0.05) is 13.3 Å². The van der Waals surface area contributed by atoms with Crippen molar-refractivity contribution < 1.29 is 9.59 Å². The Morgan fingerprint density at radius 1 is 1.46 bits per heavy atom. The monoisotopic (exact) mass is 182 g/mol. The van der Waals surface area contributed by atoms with E-state index in [1.807, 2.05) is 6.92 Å². The average Bonchev–Trinajstić information content (AvgIpc) is 2.07. The van der Waals surface area contributed by atoms with Crippen LogP contribution in [0.1, 0.15) is 46.0 Å². The second-order valence-corrected chi connectivity index (χ2v) is 4.17. The van der Waals surface area contributed by atoms with Crippen molar-refractivity contribution in [2.75, 3.05) is 0 Å². The minimum atomic E-state index is 0.174. The van der Waals surface area contributed by atoms with Crippen molar-refractivity contribution in [2.45, 2.75) is 46.0 Å². The van der Waals surface area contributed by atoms with Crippen LogP contribution >= 0.6 is 0 Å². The van der Waals surface area contributed by atoms with E-state index in [2.05, 4.69) is 0 Å². The van der Waals surface area contributed by atoms with Gasteiger partial charge in [0.05, 0.1) is 0 Å². The normalized spacial score (nSPS) is 28.9. The molecule has 1 aliphatic carbocycles. The van der Waals surface area contributed by atoms with E-state index in [1.54, 1.807) is 6.92 Å². The van der Waals surface area contributed by atoms with E-state index in [1.165, 1.54) is 0 Å². The highest BCUT2D eigenvalue weighted by Crippen LogP contribution is 2.28. The minimum Gasteiger partial charge on any atom is -0.300 e. The Morgan fingerprint density at radius 2 is 2.15 bits per heavy atom. The largest absolute Gasteiger partial charge is 0.300 e. The van der Waals surface area contributed by atoms with Crippen LogP contribution in [0.25, 0.3) is 0 Å². The average molecular weight is 182 g/mol. The van der Waals surface area contributed by atoms with E-state index in [4.69, 9.17) is 0 Å². The van der Waals surface area contributed by atoms with Crippen LogP contribution in [0, 0.1) is 11.8 Å². The molecule has 13 heavy (non-hydrogen) atoms. The molecule has 0 radical (unpaired) electrons. The van der Waals surface area contributed by atoms with Gasteiger partial charge in [0.25, 0.3) is 0 Å². The molecule has 1 aliphatic rings. The number of carbonyl (C=O) groups is 2. The van der Waals surface area contributed by atoms with Crippen LogP contribution in [-0.4, -0.2) is 11.6 Å². The van der Waals surface area contributed by atoms with Crippen LogP contribution in [0.3, 0.4) is 0 Å². The number of hydrogen-bond donors (Lipinski definition) is 0. The van der Waals surface area contributed by atoms with E-state index in [0.717, 1.165) is 25.7 Å². The van der Waals surface area contributed by atoms with Crippen LogP contribution < -0.4 is 0 Å². The van der Waals surface area contributed by atoms with E-state index >= 15 is 0 Å². The van der Waals surface area contributed by atoms with Gasteiger partial charge in [-0.25, -0.2) is 0 Å². The molecule has 0 aliphatic heterocycles. The number of rotatable bonds is 3. The first-order chi connectivity index (χ1) is 6.11. The molecule has 0 amide bonds. The summed E-state index contributed by atoms with van der Waals surface area (Å²) < 4.78 is 0. The molecule has 74 valence electrons. The van der Waals surface area contributed by atoms with Gasteiger partial charge in [-0.2, -0.15) is 0 Å². The van der Waals surface area contributed by atoms with Gasteiger partial charge in [0.1, 0.15) is 11.6 Å². The third-order valence-electron chi connectivity index (χ3n) is 2.92. The number of ketones is 2. The van der Waals surface area contributed by atoms with Crippen LogP contribution in [0.15, 0.2) is 0 Å². The van der Waals surface area contributed by atoms with E-state index < -0.39 is 0 Å². The van der Waals surface area contributed by atoms with Crippen molar-refractivity contribution in [3.05, 3.63) is 0 Å². The van der Waals surface area contributed by atoms with Crippen LogP contribution in [-0.2, 0) is 9.59 Å². The van der Waals surface area contributed by atoms with E-state index in [-0.39, 0.29) is 17.6 Å². The van der Waals surface area contributed by atoms with Gasteiger partial charge < -0.3 is 4.79 Å². The van der Waals surface area contributed by atoms with Gasteiger partial charge in [-0.3, -0.25) is 4.79 Å². The highest BCUT2D eigenvalue weighted by atomic mass is 16.1. The molecule has 0 aromatic heterocycles. The Morgan fingerprint density at radius 3 is 2.77 bits per heavy atom. The molecule has 0 saturated heterocycles. The second-order valence-electron chi connectivity index (χ2n) is 4.17. The lowest BCUT2D eigenvalue weighted by molar-refractivity contribution is -0.129. The maximum absolute atomic E-state index is 11.6. The zero-order valence-electron chi connectivity index (χ0n) is 8.51. The topological polar surface area (TPSA) is 34.1 Å². The Balaban J connectivity index is 2.40. The number of Topliss-reactive ketones (excluding diaryl/α,β-unsaturated/α-hetero) is 2. The summed E-state index contributed by atoms with van der Waals surface area (Å²) in [6.45, 7) is 3.60. The first kappa shape index (κ1) is 10.4. The summed E-state index contributed by atoms with van der Waals surface area (Å²) in [5.74, 6) is 0.983. The zero-order chi connectivity index (χ0) is 9.84. The summed E-state index contributed by atoms with van der Waals surface area (Å²) in [7, 11) is 0. The van der Waals surface area contributed by atoms with Gasteiger partial charge in [-0.15, -0.1) is 0 Å². The molecular weight excluding hydrogens is 164 g/mol. The second kappa shape index (κ2) is 4.54. The summed E-state index contributed by atoms with van der Waals surface area (Å²) in [5.41, 5.74) is 0. The highest BCUT2D eigenvalue weighted by molar-refractivity contribution is 5.84. The number of carbonyl (C=O) groups excluding carboxylic acids is 2. The van der Waals surface area contributed by atoms with E-state index in [9.17, 15) is 9.59 Å². The molecule has 0 heterocycles. The lowest BCUT2D eigenvalue weighted by atomic mass is 9.79. The summed E-state index contributed by atoms with van der Waals surface area (Å²) in [4.78, 5) is 22.4. The van der Waals surface area contributed by atoms with Crippen molar-refractivity contribution in [2.24, 2.45) is 11.8 Å². The Kier molecular flexibility index (Phi) is 3.64. The van der Waals surface area contributed by atoms with Crippen molar-refractivity contribution in [1.82, 2.24) is 0 Å². The first-order valence-electron chi connectivity index (χ1n) is 5.14. The predicted octanol–water partition coefficient (Wildman–Crippen LogP) is 2.36. The van der Waals surface area contributed by atoms with Crippen molar-refractivity contribution in [1.29, 1.82) is 0 Å². The van der Waals surface area contributed by atoms with Crippen LogP contribution in [0.5, 0.6) is 0 Å². The van der Waals surface area contributed by atoms with Gasteiger partial charge in [0.15, 0.2) is 0 Å². The Bertz CT molecular complexity index is 208. The maximum atomic E-state index is 11.6. The molecule has 2 heteroatoms. The van der Waals surface area contributed by atoms with Gasteiger partial charge in [-0.05, 0) is 26.2 Å². The third kappa shape index (κ3) is 2.94. The zero-order valence-corrected chi connectivity index (χ0v) is 8.51. The fourth-order valence-electron chi connectivity index (χ4n) is 2.02. The van der Waals surface area contributed by atoms with Crippen molar-refractivity contribution in [3.8, 4) is 0 Å². The molecule has 2 unspecified atom stereocenters. The van der Waals surface area contributed by atoms with Crippen molar-refractivity contribution in [3.63, 3.8) is 0 Å². The Labute approximate surface area is 79.7 Å². The minimum absolute atomic E-state index is 0.174. The Hall–Kier alpha value is -0.660. The van der Waals surface area contributed by atoms with Gasteiger partial charge in [0.2, 0.25) is 0 Å². The molecule has 2 atom stereocenters. The summed E-state index contributed by atoms with van der Waals surface area (Å²) in [5, 5.41) is 0. The third-order valence-corrected chi connectivity index (χ3v) is 2.92. The molecule has 0 spiro atoms. The standard InChI is InChI=1S/C11H18O2/c1-8-4-3-5-10(11(8)13)7-6-9(2)12/h8,10H,3-7H2,1-2H3. The summed E-state index contributed by atoms with van der Waals surface area (Å²) in [6, 6.07) is 0. The van der Waals surface area contributed by atoms with E-state index in [0.29, 0.717) is 12.2 Å². The van der Waals surface area contributed by atoms with Crippen LogP contribution in [0.4, 0.5) is 0 Å². The van der Waals surface area contributed by atoms with Gasteiger partial charge in [0, 0.05) is 18.3 Å². The highest BCUT2D eigenvalue weighted by Gasteiger charge is 2.27. The molecule has 0 aromatic carbocycles. The molecule has 1 rings (SSSR count). The fourth-order valence-corrected chi connectivity index (χ4v) is 2.02. The van der Waals surface area contributed by atoms with Crippen LogP contribution in [0.2, 0.25) is 0 Å². The molecule has 0 aromatic rings. The molecule has 0 N–H and O–H groups in total. The lowest BCUT2D eigenvalue weighted by Crippen LogP contribution is -2.26. The maximum Gasteiger partial charge on any atom is 0.138 e. The molecule has 0 bridgehead atoms. The molecule has 1 fully saturated rings. The van der Waals surface area contributed by atoms with Crippen molar-refractivity contribution >= 4 is 11.6 Å². The summed E-state index contributed by atoms with van der Waals surface area (Å²) >= 11 is 0. The fraction of sp³-hybridized carbons (Fsp3) is 0.818. The SMILES string of the molecule is CC(=O)CCC1CCCC(C)C1=O. The first-order valence-corrected chi connectivity index (χ1v) is 5.14. The molecule has 1 saturated carbocycles. The van der Waals surface area contributed by atoms with Gasteiger partial charge >= 0.3 is 0 Å². The quantitative estimate of drug-likeness (QED) is 0.671. The summed E-state index contributed by atoms with van der Waals surface area (Å²) in [6.07, 6.45) is 4.53. The molecular formula is C11H18O2. The smallest absolute Gasteiger partial charge is 0.138 e. The predicted molar refractivity (Wildman–Crippen MR) is 51.4 cm³/mol. The number of hydrogen-bond acceptors (Lipinski definition) is 2. The molecule has 2 nitrogen and oxygen atoms in total. The lowest BCUT2D eigenvalue weighted by Gasteiger charge is -2.24.